The Labute approximate surface area is 189 Å². The number of carbonyl (C=O) groups excluding carboxylic acids is 1. The van der Waals surface area contributed by atoms with Crippen molar-refractivity contribution in [1.82, 2.24) is 14.6 Å². The van der Waals surface area contributed by atoms with Gasteiger partial charge in [0, 0.05) is 23.3 Å². The third-order valence-electron chi connectivity index (χ3n) is 5.66. The van der Waals surface area contributed by atoms with Gasteiger partial charge in [-0.2, -0.15) is 5.10 Å². The van der Waals surface area contributed by atoms with E-state index in [4.69, 9.17) is 0 Å². The number of carbonyl (C=O) groups is 1. The first-order chi connectivity index (χ1) is 15.0. The van der Waals surface area contributed by atoms with Crippen LogP contribution in [0.1, 0.15) is 63.0 Å². The number of benzene rings is 2. The van der Waals surface area contributed by atoms with Crippen molar-refractivity contribution in [2.75, 3.05) is 5.32 Å². The number of nitrogens with one attached hydrogen (secondary N) is 1. The lowest BCUT2D eigenvalue weighted by atomic mass is 9.86. The maximum absolute atomic E-state index is 12.9. The van der Waals surface area contributed by atoms with Crippen LogP contribution >= 0.6 is 0 Å². The molecule has 5 heteroatoms. The minimum atomic E-state index is -0.184. The van der Waals surface area contributed by atoms with E-state index in [2.05, 4.69) is 81.2 Å². The number of amides is 1. The number of fused-ring (bicyclic) bond motifs is 1. The van der Waals surface area contributed by atoms with Crippen LogP contribution in [0, 0.1) is 0 Å². The molecule has 0 saturated heterocycles. The molecule has 164 valence electrons. The Bertz CT molecular complexity index is 1250. The monoisotopic (exact) mass is 426 g/mol. The minimum absolute atomic E-state index is 0.0427. The molecule has 0 unspecified atom stereocenters. The number of hydrogen-bond donors (Lipinski definition) is 1. The third kappa shape index (κ3) is 4.42. The van der Waals surface area contributed by atoms with Gasteiger partial charge in [-0.15, -0.1) is 0 Å². The number of rotatable bonds is 3. The third-order valence-corrected chi connectivity index (χ3v) is 5.66. The van der Waals surface area contributed by atoms with Crippen LogP contribution in [0.3, 0.4) is 0 Å². The van der Waals surface area contributed by atoms with Crippen molar-refractivity contribution in [2.24, 2.45) is 0 Å². The Morgan fingerprint density at radius 3 is 1.94 bits per heavy atom. The van der Waals surface area contributed by atoms with Gasteiger partial charge in [0.1, 0.15) is 5.82 Å². The molecule has 2 aromatic heterocycles. The van der Waals surface area contributed by atoms with Crippen LogP contribution in [0.25, 0.3) is 16.9 Å². The highest BCUT2D eigenvalue weighted by Crippen LogP contribution is 2.28. The van der Waals surface area contributed by atoms with E-state index >= 15 is 0 Å². The van der Waals surface area contributed by atoms with Gasteiger partial charge in [-0.05, 0) is 34.1 Å². The molecule has 0 aliphatic carbocycles. The van der Waals surface area contributed by atoms with Gasteiger partial charge in [-0.25, -0.2) is 9.50 Å². The Hall–Kier alpha value is -3.47. The Morgan fingerprint density at radius 2 is 1.38 bits per heavy atom. The maximum atomic E-state index is 12.9. The van der Waals surface area contributed by atoms with Gasteiger partial charge >= 0.3 is 0 Å². The second kappa shape index (κ2) is 7.90. The lowest BCUT2D eigenvalue weighted by Gasteiger charge is -2.19. The summed E-state index contributed by atoms with van der Waals surface area (Å²) < 4.78 is 1.79. The Kier molecular flexibility index (Phi) is 5.37. The molecule has 1 N–H and O–H groups in total. The Balaban J connectivity index is 1.65. The predicted molar refractivity (Wildman–Crippen MR) is 130 cm³/mol. The summed E-state index contributed by atoms with van der Waals surface area (Å²) in [5, 5.41) is 7.37. The fourth-order valence-electron chi connectivity index (χ4n) is 3.63. The molecule has 0 saturated carbocycles. The zero-order valence-electron chi connectivity index (χ0n) is 19.6. The van der Waals surface area contributed by atoms with E-state index in [1.54, 1.807) is 10.7 Å². The lowest BCUT2D eigenvalue weighted by Crippen LogP contribution is -2.15. The molecule has 0 aliphatic rings. The number of anilines is 1. The second-order valence-electron chi connectivity index (χ2n) is 10.2. The van der Waals surface area contributed by atoms with E-state index in [-0.39, 0.29) is 16.7 Å². The highest BCUT2D eigenvalue weighted by molar-refractivity contribution is 6.04. The van der Waals surface area contributed by atoms with Gasteiger partial charge in [0.15, 0.2) is 5.65 Å². The molecule has 1 amide bonds. The number of aromatic nitrogens is 3. The first-order valence-electron chi connectivity index (χ1n) is 10.9. The van der Waals surface area contributed by atoms with E-state index in [0.717, 1.165) is 11.3 Å². The van der Waals surface area contributed by atoms with E-state index in [1.165, 1.54) is 11.1 Å². The molecule has 0 radical (unpaired) electrons. The molecule has 0 aliphatic heterocycles. The SMILES string of the molecule is CC(C)(C)c1ccc(C(=O)Nc2cc(-c3ccc(C(C)(C)C)cc3)n3nccc3n2)cc1. The van der Waals surface area contributed by atoms with Crippen LogP contribution in [-0.2, 0) is 10.8 Å². The van der Waals surface area contributed by atoms with Gasteiger partial charge in [0.05, 0.1) is 11.9 Å². The molecule has 0 atom stereocenters. The van der Waals surface area contributed by atoms with Crippen molar-refractivity contribution in [3.8, 4) is 11.3 Å². The maximum Gasteiger partial charge on any atom is 0.256 e. The standard InChI is InChI=1S/C27H30N4O/c1-26(2,3)20-11-7-18(8-12-20)22-17-23(29-24-15-16-28-31(22)24)30-25(32)19-9-13-21(14-10-19)27(4,5)6/h7-17H,1-6H3,(H,29,30,32). The van der Waals surface area contributed by atoms with E-state index in [9.17, 15) is 4.79 Å². The van der Waals surface area contributed by atoms with Gasteiger partial charge in [-0.3, -0.25) is 4.79 Å². The topological polar surface area (TPSA) is 59.3 Å². The van der Waals surface area contributed by atoms with Crippen LogP contribution in [0.5, 0.6) is 0 Å². The van der Waals surface area contributed by atoms with Crippen LogP contribution in [0.2, 0.25) is 0 Å². The normalized spacial score (nSPS) is 12.2. The quantitative estimate of drug-likeness (QED) is 0.422. The Morgan fingerprint density at radius 1 is 0.812 bits per heavy atom. The molecule has 0 bridgehead atoms. The lowest BCUT2D eigenvalue weighted by molar-refractivity contribution is 0.102. The minimum Gasteiger partial charge on any atom is -0.306 e. The van der Waals surface area contributed by atoms with Gasteiger partial charge in [0.25, 0.3) is 5.91 Å². The largest absolute Gasteiger partial charge is 0.306 e. The second-order valence-corrected chi connectivity index (χ2v) is 10.2. The number of hydrogen-bond acceptors (Lipinski definition) is 3. The average Bonchev–Trinajstić information content (AvgIpc) is 3.21. The van der Waals surface area contributed by atoms with Crippen LogP contribution in [0.4, 0.5) is 5.82 Å². The number of nitrogens with zero attached hydrogens (tertiary/aromatic N) is 3. The summed E-state index contributed by atoms with van der Waals surface area (Å²) in [6.07, 6.45) is 1.71. The predicted octanol–water partition coefficient (Wildman–Crippen LogP) is 6.24. The van der Waals surface area contributed by atoms with Gasteiger partial charge in [0.2, 0.25) is 0 Å². The van der Waals surface area contributed by atoms with Crippen molar-refractivity contribution in [3.63, 3.8) is 0 Å². The highest BCUT2D eigenvalue weighted by atomic mass is 16.1. The van der Waals surface area contributed by atoms with Crippen LogP contribution in [-0.4, -0.2) is 20.5 Å². The fourth-order valence-corrected chi connectivity index (χ4v) is 3.63. The molecule has 4 rings (SSSR count). The summed E-state index contributed by atoms with van der Waals surface area (Å²) in [7, 11) is 0. The molecule has 5 nitrogen and oxygen atoms in total. The molecule has 0 spiro atoms. The summed E-state index contributed by atoms with van der Waals surface area (Å²) in [5.74, 6) is 0.314. The molecule has 32 heavy (non-hydrogen) atoms. The smallest absolute Gasteiger partial charge is 0.256 e. The zero-order valence-corrected chi connectivity index (χ0v) is 19.6. The zero-order chi connectivity index (χ0) is 23.1. The summed E-state index contributed by atoms with van der Waals surface area (Å²) >= 11 is 0. The molecular formula is C27H30N4O. The van der Waals surface area contributed by atoms with Gasteiger partial charge in [-0.1, -0.05) is 77.9 Å². The van der Waals surface area contributed by atoms with Crippen LogP contribution < -0.4 is 5.32 Å². The van der Waals surface area contributed by atoms with E-state index < -0.39 is 0 Å². The van der Waals surface area contributed by atoms with Crippen molar-refractivity contribution >= 4 is 17.4 Å². The molecule has 4 aromatic rings. The van der Waals surface area contributed by atoms with Crippen molar-refractivity contribution in [1.29, 1.82) is 0 Å². The molecule has 2 aromatic carbocycles. The highest BCUT2D eigenvalue weighted by Gasteiger charge is 2.17. The first kappa shape index (κ1) is 21.8. The molecule has 0 fully saturated rings. The van der Waals surface area contributed by atoms with Crippen molar-refractivity contribution < 1.29 is 4.79 Å². The molecule has 2 heterocycles. The van der Waals surface area contributed by atoms with Crippen molar-refractivity contribution in [3.05, 3.63) is 83.6 Å². The first-order valence-corrected chi connectivity index (χ1v) is 10.9. The fraction of sp³-hybridized carbons (Fsp3) is 0.296. The summed E-state index contributed by atoms with van der Waals surface area (Å²) in [6.45, 7) is 13.1. The van der Waals surface area contributed by atoms with E-state index in [0.29, 0.717) is 17.0 Å². The van der Waals surface area contributed by atoms with Crippen molar-refractivity contribution in [2.45, 2.75) is 52.4 Å². The summed E-state index contributed by atoms with van der Waals surface area (Å²) in [5.41, 5.74) is 5.75. The molecular weight excluding hydrogens is 396 g/mol. The van der Waals surface area contributed by atoms with Gasteiger partial charge < -0.3 is 5.32 Å². The van der Waals surface area contributed by atoms with Crippen LogP contribution in [0.15, 0.2) is 66.9 Å². The van der Waals surface area contributed by atoms with E-state index in [1.807, 2.05) is 36.4 Å². The average molecular weight is 427 g/mol. The summed E-state index contributed by atoms with van der Waals surface area (Å²) in [4.78, 5) is 17.4. The summed E-state index contributed by atoms with van der Waals surface area (Å²) in [6, 6.07) is 19.9.